The van der Waals surface area contributed by atoms with Crippen LogP contribution in [0.15, 0.2) is 58.7 Å². The first kappa shape index (κ1) is 69.7. The zero-order valence-electron chi connectivity index (χ0n) is 50.9. The molecule has 0 aliphatic carbocycles. The highest BCUT2D eigenvalue weighted by molar-refractivity contribution is 5.88. The van der Waals surface area contributed by atoms with Gasteiger partial charge in [-0.3, -0.25) is 4.79 Å². The molecule has 4 saturated heterocycles. The van der Waals surface area contributed by atoms with Gasteiger partial charge in [-0.15, -0.1) is 0 Å². The van der Waals surface area contributed by atoms with Crippen LogP contribution in [0.1, 0.15) is 122 Å². The van der Waals surface area contributed by atoms with Crippen LogP contribution in [-0.4, -0.2) is 217 Å². The summed E-state index contributed by atoms with van der Waals surface area (Å²) in [6.45, 7) is 20.3. The Hall–Kier alpha value is -3.08. The number of carbonyl (C=O) groups is 2. The monoisotopic (exact) mass is 1170 g/mol. The molecular weight excluding hydrogens is 1070 g/mol. The van der Waals surface area contributed by atoms with Crippen molar-refractivity contribution in [2.45, 2.75) is 256 Å². The van der Waals surface area contributed by atoms with E-state index in [0.717, 1.165) is 11.1 Å². The van der Waals surface area contributed by atoms with Crippen LogP contribution in [0.25, 0.3) is 0 Å². The van der Waals surface area contributed by atoms with Crippen LogP contribution in [0.5, 0.6) is 0 Å². The van der Waals surface area contributed by atoms with Crippen LogP contribution in [0.4, 0.5) is 0 Å². The fourth-order valence-corrected chi connectivity index (χ4v) is 11.9. The normalized spacial score (nSPS) is 45.3. The lowest BCUT2D eigenvalue weighted by Crippen LogP contribution is -2.66. The highest BCUT2D eigenvalue weighted by atomic mass is 16.7. The first-order valence-corrected chi connectivity index (χ1v) is 28.8. The average molecular weight is 1170 g/mol. The van der Waals surface area contributed by atoms with Crippen molar-refractivity contribution in [3.8, 4) is 0 Å². The minimum atomic E-state index is -2.58. The molecule has 25 atom stereocenters. The number of ether oxygens (including phenoxy) is 13. The smallest absolute Gasteiger partial charge is 0.334 e. The van der Waals surface area contributed by atoms with Crippen molar-refractivity contribution in [3.05, 3.63) is 58.7 Å². The quantitative estimate of drug-likeness (QED) is 0.107. The predicted molar refractivity (Wildman–Crippen MR) is 297 cm³/mol. The number of hydrogen-bond donors (Lipinski definition) is 7. The Morgan fingerprint density at radius 2 is 1.44 bits per heavy atom. The number of aliphatic hydroxyl groups is 7. The highest BCUT2D eigenvalue weighted by Gasteiger charge is 2.58. The fraction of sp³-hybridized carbons (Fsp3) is 0.800. The Balaban J connectivity index is 1.42. The van der Waals surface area contributed by atoms with Crippen LogP contribution >= 0.6 is 0 Å². The lowest BCUT2D eigenvalue weighted by molar-refractivity contribution is -0.366. The standard InChI is InChI=1S/C60H98O22/c1-30-18-17-19-43(77-40(11)61)45(71-14)26-47(79-57(67)34(5)24-32(3)22-31(2)23-33(4)42(21-20-30)80-58-53(65)52(64)54(73-16)38(9)76-58)55(66)60(69)36(7)50(62)35(6)44(82-60)25-41(29-70-13)78-49-28-59(12,68)56(39(10)75-49)81-48-27-46(72-15)51(63)37(8)74-48/h18,20-24,33,35-39,41-56,58,62-66,68-69H,17,19,25-29H2,1-16H3/b21-20+,30-18+,31-23+,32-22+,34-24+/t33-,35+,36-,37-,38+,39+,41-,42-,43+,44-,45+,46-,47+,48+,49+,50+,51-,52+,53+,54+,55-,56+,58+,59+,60-/m1/s1. The molecule has 5 rings (SSSR count). The van der Waals surface area contributed by atoms with Gasteiger partial charge in [-0.2, -0.15) is 0 Å². The molecule has 0 amide bonds. The van der Waals surface area contributed by atoms with Crippen molar-refractivity contribution >= 4 is 11.9 Å². The van der Waals surface area contributed by atoms with Crippen molar-refractivity contribution in [3.63, 3.8) is 0 Å². The van der Waals surface area contributed by atoms with Gasteiger partial charge in [-0.05, 0) is 74.3 Å². The van der Waals surface area contributed by atoms with Gasteiger partial charge >= 0.3 is 11.9 Å². The highest BCUT2D eigenvalue weighted by Crippen LogP contribution is 2.43. The average Bonchev–Trinajstić information content (AvgIpc) is 2.91. The van der Waals surface area contributed by atoms with Gasteiger partial charge in [0, 0.05) is 84.4 Å². The van der Waals surface area contributed by atoms with Gasteiger partial charge in [-0.1, -0.05) is 67.9 Å². The van der Waals surface area contributed by atoms with E-state index < -0.39 is 158 Å². The molecule has 5 heterocycles. The molecule has 470 valence electrons. The van der Waals surface area contributed by atoms with Gasteiger partial charge < -0.3 is 97.3 Å². The Bertz CT molecular complexity index is 2200. The van der Waals surface area contributed by atoms with Gasteiger partial charge in [0.25, 0.3) is 0 Å². The molecule has 0 spiro atoms. The number of esters is 2. The van der Waals surface area contributed by atoms with Crippen LogP contribution in [0.2, 0.25) is 0 Å². The van der Waals surface area contributed by atoms with Crippen molar-refractivity contribution in [2.24, 2.45) is 17.8 Å². The molecule has 5 aliphatic heterocycles. The zero-order chi connectivity index (χ0) is 61.1. The molecule has 7 N–H and O–H groups in total. The number of aliphatic hydroxyl groups excluding tert-OH is 5. The number of rotatable bonds is 16. The summed E-state index contributed by atoms with van der Waals surface area (Å²) in [5.74, 6) is -6.20. The van der Waals surface area contributed by atoms with Crippen molar-refractivity contribution < 1.29 is 107 Å². The number of methoxy groups -OCH3 is 4. The van der Waals surface area contributed by atoms with Gasteiger partial charge in [0.1, 0.15) is 48.8 Å². The molecule has 22 nitrogen and oxygen atoms in total. The number of allylic oxidation sites excluding steroid dienone is 7. The first-order valence-electron chi connectivity index (χ1n) is 28.8. The summed E-state index contributed by atoms with van der Waals surface area (Å²) >= 11 is 0. The van der Waals surface area contributed by atoms with Crippen LogP contribution in [-0.2, 0) is 71.2 Å². The van der Waals surface area contributed by atoms with E-state index in [2.05, 4.69) is 0 Å². The van der Waals surface area contributed by atoms with E-state index in [0.29, 0.717) is 12.0 Å². The van der Waals surface area contributed by atoms with E-state index in [1.165, 1.54) is 42.3 Å². The van der Waals surface area contributed by atoms with Crippen LogP contribution in [0.3, 0.4) is 0 Å². The maximum atomic E-state index is 14.3. The third-order valence-corrected chi connectivity index (χ3v) is 16.7. The van der Waals surface area contributed by atoms with Gasteiger partial charge in [0.05, 0.1) is 67.1 Å². The van der Waals surface area contributed by atoms with Crippen LogP contribution < -0.4 is 0 Å². The zero-order valence-corrected chi connectivity index (χ0v) is 50.9. The second-order valence-electron chi connectivity index (χ2n) is 23.6. The molecular formula is C60H98O22. The molecule has 5 aliphatic rings. The summed E-state index contributed by atoms with van der Waals surface area (Å²) in [6, 6.07) is 0. The Kier molecular flexibility index (Phi) is 26.4. The molecule has 22 heteroatoms. The molecule has 0 aromatic heterocycles. The van der Waals surface area contributed by atoms with E-state index in [9.17, 15) is 45.3 Å². The molecule has 4 fully saturated rings. The van der Waals surface area contributed by atoms with Crippen molar-refractivity contribution in [2.75, 3.05) is 35.0 Å². The lowest BCUT2D eigenvalue weighted by atomic mass is 9.76. The maximum absolute atomic E-state index is 14.3. The summed E-state index contributed by atoms with van der Waals surface area (Å²) < 4.78 is 78.3. The SMILES string of the molecule is COC[C@@H](C[C@H]1O[C@@](O)([C@H](O)[C@@H]2C[C@H](OC)[C@@H](OC(C)=O)CC/C=C(C)/C=C/[C@@H](O[C@@H]3O[C@@H](C)[C@H](OC)[C@@H](O)[C@@H]3O)[C@H](C)/C=C(C)/C=C(C)/C=C(\C)C(=O)O2)[C@H](C)[C@@H](O)[C@H]1C)O[C@H]1C[C@](C)(O)[C@@H](O[C@H]2C[C@@H](OC)[C@H](O)[C@@H](C)O2)[C@H](C)O1. The van der Waals surface area contributed by atoms with Crippen LogP contribution in [0, 0.1) is 17.8 Å². The number of carbonyl (C=O) groups excluding carboxylic acids is 2. The lowest BCUT2D eigenvalue weighted by Gasteiger charge is -2.51. The minimum absolute atomic E-state index is 0.00681. The second kappa shape index (κ2) is 31.0. The summed E-state index contributed by atoms with van der Waals surface area (Å²) in [7, 11) is 5.79. The number of cyclic esters (lactones) is 1. The molecule has 0 aromatic rings. The molecule has 0 unspecified atom stereocenters. The largest absolute Gasteiger partial charge is 0.460 e. The first-order chi connectivity index (χ1) is 38.5. The van der Waals surface area contributed by atoms with Crippen molar-refractivity contribution in [1.29, 1.82) is 0 Å². The fourth-order valence-electron chi connectivity index (χ4n) is 11.9. The summed E-state index contributed by atoms with van der Waals surface area (Å²) in [5.41, 5.74) is 0.901. The molecule has 0 radical (unpaired) electrons. The van der Waals surface area contributed by atoms with E-state index in [-0.39, 0.29) is 50.2 Å². The maximum Gasteiger partial charge on any atom is 0.334 e. The Morgan fingerprint density at radius 1 is 0.768 bits per heavy atom. The Morgan fingerprint density at radius 3 is 2.06 bits per heavy atom. The number of hydrogen-bond acceptors (Lipinski definition) is 22. The van der Waals surface area contributed by atoms with E-state index in [1.54, 1.807) is 54.5 Å². The summed E-state index contributed by atoms with van der Waals surface area (Å²) in [5, 5.41) is 81.5. The van der Waals surface area contributed by atoms with E-state index >= 15 is 0 Å². The summed E-state index contributed by atoms with van der Waals surface area (Å²) in [6.07, 6.45) is -8.46. The van der Waals surface area contributed by atoms with Gasteiger partial charge in [-0.25, -0.2) is 4.79 Å². The van der Waals surface area contributed by atoms with Gasteiger partial charge in [0.2, 0.25) is 5.79 Å². The third kappa shape index (κ3) is 18.0. The van der Waals surface area contributed by atoms with E-state index in [1.807, 2.05) is 51.2 Å². The molecule has 0 bridgehead atoms. The third-order valence-electron chi connectivity index (χ3n) is 16.7. The molecule has 0 saturated carbocycles. The van der Waals surface area contributed by atoms with Crippen molar-refractivity contribution in [1.82, 2.24) is 0 Å². The second-order valence-corrected chi connectivity index (χ2v) is 23.6. The topological polar surface area (TPSA) is 296 Å². The predicted octanol–water partition coefficient (Wildman–Crippen LogP) is 4.16. The Labute approximate surface area is 484 Å². The molecule has 82 heavy (non-hydrogen) atoms. The molecule has 0 aromatic carbocycles. The minimum Gasteiger partial charge on any atom is -0.460 e. The van der Waals surface area contributed by atoms with Gasteiger partial charge in [0.15, 0.2) is 18.9 Å². The summed E-state index contributed by atoms with van der Waals surface area (Å²) in [4.78, 5) is 27.0. The van der Waals surface area contributed by atoms with E-state index in [4.69, 9.17) is 61.6 Å².